The lowest BCUT2D eigenvalue weighted by Crippen LogP contribution is -2.34. The third-order valence-corrected chi connectivity index (χ3v) is 2.86. The van der Waals surface area contributed by atoms with E-state index < -0.39 is 0 Å². The Morgan fingerprint density at radius 1 is 1.65 bits per heavy atom. The molecule has 3 N–H and O–H groups in total. The third-order valence-electron chi connectivity index (χ3n) is 2.86. The number of nitrogens with one attached hydrogen (secondary N) is 1. The SMILES string of the molecule is CN(C)[C@H](CN=C(N)NC1CC1)c1ccco1. The molecule has 0 aromatic carbocycles. The summed E-state index contributed by atoms with van der Waals surface area (Å²) in [5.41, 5.74) is 5.81. The first-order valence-electron chi connectivity index (χ1n) is 5.93. The van der Waals surface area contributed by atoms with Crippen LogP contribution in [0.5, 0.6) is 0 Å². The fraction of sp³-hybridized carbons (Fsp3) is 0.583. The minimum Gasteiger partial charge on any atom is -0.468 e. The van der Waals surface area contributed by atoms with Crippen LogP contribution in [0.1, 0.15) is 24.6 Å². The number of rotatable bonds is 5. The molecule has 1 aromatic rings. The Balaban J connectivity index is 1.93. The van der Waals surface area contributed by atoms with Gasteiger partial charge in [-0.05, 0) is 39.1 Å². The van der Waals surface area contributed by atoms with Gasteiger partial charge in [-0.25, -0.2) is 0 Å². The first kappa shape index (κ1) is 12.0. The molecule has 0 bridgehead atoms. The number of nitrogens with zero attached hydrogens (tertiary/aromatic N) is 2. The molecule has 17 heavy (non-hydrogen) atoms. The quantitative estimate of drug-likeness (QED) is 0.590. The molecule has 0 saturated heterocycles. The predicted molar refractivity (Wildman–Crippen MR) is 67.8 cm³/mol. The second-order valence-corrected chi connectivity index (χ2v) is 4.64. The van der Waals surface area contributed by atoms with Crippen LogP contribution in [0.3, 0.4) is 0 Å². The van der Waals surface area contributed by atoms with Gasteiger partial charge in [0.2, 0.25) is 0 Å². The molecule has 1 aliphatic carbocycles. The van der Waals surface area contributed by atoms with E-state index in [-0.39, 0.29) is 6.04 Å². The fourth-order valence-electron chi connectivity index (χ4n) is 1.66. The van der Waals surface area contributed by atoms with E-state index >= 15 is 0 Å². The fourth-order valence-corrected chi connectivity index (χ4v) is 1.66. The molecular formula is C12H20N4O. The molecule has 1 atom stereocenters. The highest BCUT2D eigenvalue weighted by Crippen LogP contribution is 2.20. The molecule has 1 aliphatic rings. The average molecular weight is 236 g/mol. The second kappa shape index (κ2) is 5.23. The Hall–Kier alpha value is -1.49. The number of nitrogens with two attached hydrogens (primary N) is 1. The summed E-state index contributed by atoms with van der Waals surface area (Å²) in [6.45, 7) is 0.603. The molecule has 2 rings (SSSR count). The summed E-state index contributed by atoms with van der Waals surface area (Å²) in [6.07, 6.45) is 4.08. The first-order valence-corrected chi connectivity index (χ1v) is 5.93. The van der Waals surface area contributed by atoms with Crippen LogP contribution in [0.2, 0.25) is 0 Å². The highest BCUT2D eigenvalue weighted by atomic mass is 16.3. The Morgan fingerprint density at radius 3 is 2.94 bits per heavy atom. The van der Waals surface area contributed by atoms with Gasteiger partial charge in [-0.3, -0.25) is 9.89 Å². The van der Waals surface area contributed by atoms with Crippen LogP contribution in [-0.4, -0.2) is 37.5 Å². The minimum atomic E-state index is 0.129. The summed E-state index contributed by atoms with van der Waals surface area (Å²) in [7, 11) is 4.01. The lowest BCUT2D eigenvalue weighted by Gasteiger charge is -2.20. The van der Waals surface area contributed by atoms with Crippen LogP contribution in [0, 0.1) is 0 Å². The Kier molecular flexibility index (Phi) is 3.68. The van der Waals surface area contributed by atoms with Crippen molar-refractivity contribution in [3.63, 3.8) is 0 Å². The van der Waals surface area contributed by atoms with E-state index in [2.05, 4.69) is 15.2 Å². The van der Waals surface area contributed by atoms with Crippen molar-refractivity contribution < 1.29 is 4.42 Å². The van der Waals surface area contributed by atoms with Gasteiger partial charge in [-0.2, -0.15) is 0 Å². The molecule has 1 fully saturated rings. The minimum absolute atomic E-state index is 0.129. The molecule has 0 amide bonds. The van der Waals surface area contributed by atoms with Crippen molar-refractivity contribution in [3.05, 3.63) is 24.2 Å². The van der Waals surface area contributed by atoms with Crippen molar-refractivity contribution in [1.82, 2.24) is 10.2 Å². The summed E-state index contributed by atoms with van der Waals surface area (Å²) in [4.78, 5) is 6.44. The number of hydrogen-bond donors (Lipinski definition) is 2. The second-order valence-electron chi connectivity index (χ2n) is 4.64. The summed E-state index contributed by atoms with van der Waals surface area (Å²) in [5, 5.41) is 3.17. The summed E-state index contributed by atoms with van der Waals surface area (Å²) in [6, 6.07) is 4.52. The topological polar surface area (TPSA) is 66.8 Å². The van der Waals surface area contributed by atoms with Gasteiger partial charge >= 0.3 is 0 Å². The number of guanidine groups is 1. The number of furan rings is 1. The van der Waals surface area contributed by atoms with E-state index in [4.69, 9.17) is 10.2 Å². The third kappa shape index (κ3) is 3.49. The lowest BCUT2D eigenvalue weighted by atomic mass is 10.2. The van der Waals surface area contributed by atoms with Crippen LogP contribution in [0.4, 0.5) is 0 Å². The molecule has 5 heteroatoms. The van der Waals surface area contributed by atoms with Crippen molar-refractivity contribution in [2.24, 2.45) is 10.7 Å². The normalized spacial score (nSPS) is 18.4. The zero-order valence-corrected chi connectivity index (χ0v) is 10.4. The van der Waals surface area contributed by atoms with E-state index in [0.717, 1.165) is 5.76 Å². The highest BCUT2D eigenvalue weighted by molar-refractivity contribution is 5.78. The Bertz CT molecular complexity index is 368. The van der Waals surface area contributed by atoms with Crippen molar-refractivity contribution in [2.45, 2.75) is 24.9 Å². The zero-order valence-electron chi connectivity index (χ0n) is 10.4. The van der Waals surface area contributed by atoms with E-state index in [1.54, 1.807) is 6.26 Å². The molecule has 1 aromatic heterocycles. The van der Waals surface area contributed by atoms with Crippen molar-refractivity contribution >= 4 is 5.96 Å². The van der Waals surface area contributed by atoms with Crippen molar-refractivity contribution in [1.29, 1.82) is 0 Å². The van der Waals surface area contributed by atoms with Gasteiger partial charge in [0.15, 0.2) is 5.96 Å². The van der Waals surface area contributed by atoms with Gasteiger partial charge in [-0.15, -0.1) is 0 Å². The van der Waals surface area contributed by atoms with E-state index in [1.807, 2.05) is 26.2 Å². The molecule has 0 spiro atoms. The maximum absolute atomic E-state index is 5.81. The van der Waals surface area contributed by atoms with Crippen molar-refractivity contribution in [2.75, 3.05) is 20.6 Å². The molecule has 1 heterocycles. The van der Waals surface area contributed by atoms with Crippen molar-refractivity contribution in [3.8, 4) is 0 Å². The maximum atomic E-state index is 5.81. The molecule has 0 unspecified atom stereocenters. The number of likely N-dealkylation sites (N-methyl/N-ethyl adjacent to an activating group) is 1. The monoisotopic (exact) mass is 236 g/mol. The largest absolute Gasteiger partial charge is 0.468 e. The van der Waals surface area contributed by atoms with E-state index in [1.165, 1.54) is 12.8 Å². The van der Waals surface area contributed by atoms with Crippen LogP contribution >= 0.6 is 0 Å². The van der Waals surface area contributed by atoms with Crippen LogP contribution in [-0.2, 0) is 0 Å². The summed E-state index contributed by atoms with van der Waals surface area (Å²) < 4.78 is 5.41. The van der Waals surface area contributed by atoms with Crippen LogP contribution < -0.4 is 11.1 Å². The average Bonchev–Trinajstić information content (AvgIpc) is 2.92. The van der Waals surface area contributed by atoms with Gasteiger partial charge in [0.25, 0.3) is 0 Å². The molecule has 94 valence electrons. The van der Waals surface area contributed by atoms with E-state index in [9.17, 15) is 0 Å². The van der Waals surface area contributed by atoms with E-state index in [0.29, 0.717) is 18.5 Å². The maximum Gasteiger partial charge on any atom is 0.188 e. The van der Waals surface area contributed by atoms with Gasteiger partial charge in [-0.1, -0.05) is 0 Å². The van der Waals surface area contributed by atoms with Gasteiger partial charge < -0.3 is 15.5 Å². The predicted octanol–water partition coefficient (Wildman–Crippen LogP) is 0.949. The first-order chi connectivity index (χ1) is 8.16. The molecular weight excluding hydrogens is 216 g/mol. The van der Waals surface area contributed by atoms with Gasteiger partial charge in [0.1, 0.15) is 5.76 Å². The molecule has 0 aliphatic heterocycles. The van der Waals surface area contributed by atoms with Crippen LogP contribution in [0.15, 0.2) is 27.8 Å². The smallest absolute Gasteiger partial charge is 0.188 e. The van der Waals surface area contributed by atoms with Crippen LogP contribution in [0.25, 0.3) is 0 Å². The number of aliphatic imine (C=N–C) groups is 1. The van der Waals surface area contributed by atoms with Gasteiger partial charge in [0, 0.05) is 6.04 Å². The lowest BCUT2D eigenvalue weighted by molar-refractivity contribution is 0.265. The molecule has 5 nitrogen and oxygen atoms in total. The summed E-state index contributed by atoms with van der Waals surface area (Å²) >= 11 is 0. The highest BCUT2D eigenvalue weighted by Gasteiger charge is 2.22. The Morgan fingerprint density at radius 2 is 2.41 bits per heavy atom. The number of hydrogen-bond acceptors (Lipinski definition) is 3. The Labute approximate surface area is 102 Å². The van der Waals surface area contributed by atoms with Gasteiger partial charge in [0.05, 0.1) is 18.8 Å². The zero-order chi connectivity index (χ0) is 12.3. The summed E-state index contributed by atoms with van der Waals surface area (Å²) in [5.74, 6) is 1.45. The molecule has 0 radical (unpaired) electrons. The standard InChI is InChI=1S/C12H20N4O/c1-16(2)10(11-4-3-7-17-11)8-14-12(13)15-9-5-6-9/h3-4,7,9-10H,5-6,8H2,1-2H3,(H3,13,14,15)/t10-/m1/s1. The molecule has 1 saturated carbocycles.